The number of rotatable bonds is 7. The number of piperazine rings is 1. The zero-order valence-corrected chi connectivity index (χ0v) is 26.5. The van der Waals surface area contributed by atoms with Gasteiger partial charge in [0.15, 0.2) is 23.1 Å². The van der Waals surface area contributed by atoms with E-state index in [9.17, 15) is 24.0 Å². The van der Waals surface area contributed by atoms with E-state index in [1.54, 1.807) is 38.8 Å². The first-order valence-electron chi connectivity index (χ1n) is 14.9. The molecule has 0 aromatic heterocycles. The second-order valence-corrected chi connectivity index (χ2v) is 11.8. The standard InChI is InChI=1S/C32H36N2O11/c1-9-13(3)31(39)43-12-18-19-16(23(35)14(4)27(40-7)25(19)37)11-17-22-20-21(24(36)15(5)28(41-8)26(20)38)29(42-10-2)30(33(22)6)32(34(17)18)44-45-32/h9,17-18,22,29-30H,10-12H2,1-8H3/b13-9-/t17-,18+,22+,29-,30+/m1/s1. The van der Waals surface area contributed by atoms with Crippen LogP contribution in [0, 0.1) is 0 Å². The molecule has 0 aromatic carbocycles. The fraction of sp³-hybridized carbons (Fsp3) is 0.531. The predicted octanol–water partition coefficient (Wildman–Crippen LogP) is 1.39. The molecule has 5 atom stereocenters. The van der Waals surface area contributed by atoms with E-state index in [1.165, 1.54) is 28.1 Å². The molecule has 4 aliphatic heterocycles. The van der Waals surface area contributed by atoms with Gasteiger partial charge in [-0.3, -0.25) is 24.1 Å². The third-order valence-corrected chi connectivity index (χ3v) is 9.82. The van der Waals surface area contributed by atoms with E-state index >= 15 is 0 Å². The molecule has 2 bridgehead atoms. The molecule has 0 saturated carbocycles. The molecule has 0 amide bonds. The number of Topliss-reactive ketones (excluding diaryl/α,β-unsaturated/α-hetero) is 4. The lowest BCUT2D eigenvalue weighted by Crippen LogP contribution is -2.79. The Hall–Kier alpha value is -3.75. The average molecular weight is 625 g/mol. The summed E-state index contributed by atoms with van der Waals surface area (Å²) in [5, 5.41) is 0. The van der Waals surface area contributed by atoms with Crippen molar-refractivity contribution in [3.8, 4) is 0 Å². The van der Waals surface area contributed by atoms with Crippen LogP contribution in [0.1, 0.15) is 41.0 Å². The Balaban J connectivity index is 1.58. The summed E-state index contributed by atoms with van der Waals surface area (Å²) in [7, 11) is 4.43. The number of carbonyl (C=O) groups is 5. The number of likely N-dealkylation sites (N-methyl/N-ethyl adjacent to an activating group) is 1. The van der Waals surface area contributed by atoms with Crippen LogP contribution in [0.15, 0.2) is 56.6 Å². The Morgan fingerprint density at radius 3 is 2.11 bits per heavy atom. The molecule has 6 aliphatic rings. The number of esters is 1. The Labute approximate surface area is 260 Å². The molecule has 6 rings (SSSR count). The highest BCUT2D eigenvalue weighted by atomic mass is 17.4. The molecule has 0 radical (unpaired) electrons. The van der Waals surface area contributed by atoms with Crippen molar-refractivity contribution in [1.82, 2.24) is 9.80 Å². The summed E-state index contributed by atoms with van der Waals surface area (Å²) in [6.07, 6.45) is 0.639. The summed E-state index contributed by atoms with van der Waals surface area (Å²) in [5.74, 6) is -4.11. The van der Waals surface area contributed by atoms with Gasteiger partial charge in [-0.25, -0.2) is 9.69 Å². The van der Waals surface area contributed by atoms with E-state index in [2.05, 4.69) is 0 Å². The monoisotopic (exact) mass is 624 g/mol. The second kappa shape index (κ2) is 11.0. The van der Waals surface area contributed by atoms with Crippen LogP contribution >= 0.6 is 0 Å². The van der Waals surface area contributed by atoms with Gasteiger partial charge in [0.25, 0.3) is 0 Å². The molecule has 0 N–H and O–H groups in total. The SMILES string of the molecule is C/C=C(/C)C(=O)OC[C@H]1C2=C(C[C@@H]3[C@H]4C5=C(C(=O)C(C)=C(OC)C5=O)[C@@H](OCC)[C@H](N4C)C4(OO4)N31)C(=O)C(C)=C(OC)C2=O. The van der Waals surface area contributed by atoms with Crippen LogP contribution in [0.5, 0.6) is 0 Å². The van der Waals surface area contributed by atoms with E-state index in [1.807, 2.05) is 4.90 Å². The molecule has 2 fully saturated rings. The minimum atomic E-state index is -1.57. The average Bonchev–Trinajstić information content (AvgIpc) is 3.81. The van der Waals surface area contributed by atoms with E-state index in [0.29, 0.717) is 5.57 Å². The molecule has 13 heteroatoms. The fourth-order valence-electron chi connectivity index (χ4n) is 7.68. The molecular formula is C32H36N2O11. The van der Waals surface area contributed by atoms with E-state index in [4.69, 9.17) is 28.7 Å². The van der Waals surface area contributed by atoms with Gasteiger partial charge < -0.3 is 18.9 Å². The van der Waals surface area contributed by atoms with Gasteiger partial charge in [0.05, 0.1) is 26.3 Å². The highest BCUT2D eigenvalue weighted by molar-refractivity contribution is 6.26. The predicted molar refractivity (Wildman–Crippen MR) is 154 cm³/mol. The molecule has 1 spiro atoms. The van der Waals surface area contributed by atoms with Crippen molar-refractivity contribution in [3.63, 3.8) is 0 Å². The lowest BCUT2D eigenvalue weighted by atomic mass is 9.67. The first-order valence-corrected chi connectivity index (χ1v) is 14.9. The number of hydrogen-bond acceptors (Lipinski definition) is 13. The van der Waals surface area contributed by atoms with Crippen LogP contribution in [-0.2, 0) is 52.7 Å². The maximum Gasteiger partial charge on any atom is 0.333 e. The Morgan fingerprint density at radius 1 is 0.956 bits per heavy atom. The number of ether oxygens (including phenoxy) is 4. The van der Waals surface area contributed by atoms with E-state index in [-0.39, 0.29) is 70.4 Å². The first-order chi connectivity index (χ1) is 21.4. The maximum atomic E-state index is 14.1. The summed E-state index contributed by atoms with van der Waals surface area (Å²) in [6, 6.07) is -3.36. The number of nitrogens with zero attached hydrogens (tertiary/aromatic N) is 2. The van der Waals surface area contributed by atoms with Crippen molar-refractivity contribution in [2.24, 2.45) is 0 Å². The van der Waals surface area contributed by atoms with E-state index in [0.717, 1.165) is 0 Å². The number of carbonyl (C=O) groups excluding carboxylic acids is 5. The summed E-state index contributed by atoms with van der Waals surface area (Å²) >= 11 is 0. The van der Waals surface area contributed by atoms with Crippen LogP contribution in [-0.4, -0.2) is 110 Å². The lowest BCUT2D eigenvalue weighted by Gasteiger charge is -2.60. The van der Waals surface area contributed by atoms with Crippen LogP contribution in [0.3, 0.4) is 0 Å². The molecule has 45 heavy (non-hydrogen) atoms. The van der Waals surface area contributed by atoms with Crippen molar-refractivity contribution < 1.29 is 52.7 Å². The number of hydrogen-bond donors (Lipinski definition) is 0. The summed E-state index contributed by atoms with van der Waals surface area (Å²) in [5.41, 5.74) is 1.37. The largest absolute Gasteiger partial charge is 0.492 e. The highest BCUT2D eigenvalue weighted by Gasteiger charge is 2.76. The van der Waals surface area contributed by atoms with Crippen LogP contribution in [0.25, 0.3) is 0 Å². The molecule has 0 aromatic rings. The van der Waals surface area contributed by atoms with Gasteiger partial charge in [0.2, 0.25) is 11.6 Å². The molecular weight excluding hydrogens is 588 g/mol. The van der Waals surface area contributed by atoms with Crippen LogP contribution in [0.4, 0.5) is 0 Å². The minimum Gasteiger partial charge on any atom is -0.492 e. The van der Waals surface area contributed by atoms with Crippen molar-refractivity contribution in [1.29, 1.82) is 0 Å². The third kappa shape index (κ3) is 4.14. The first kappa shape index (κ1) is 31.2. The normalized spacial score (nSPS) is 31.4. The van der Waals surface area contributed by atoms with Gasteiger partial charge in [-0.05, 0) is 48.1 Å². The van der Waals surface area contributed by atoms with E-state index < -0.39 is 59.5 Å². The summed E-state index contributed by atoms with van der Waals surface area (Å²) in [6.45, 7) is 7.99. The number of ketones is 4. The molecule has 13 nitrogen and oxygen atoms in total. The zero-order valence-electron chi connectivity index (χ0n) is 26.5. The second-order valence-electron chi connectivity index (χ2n) is 11.8. The minimum absolute atomic E-state index is 0.00530. The van der Waals surface area contributed by atoms with Crippen molar-refractivity contribution in [2.75, 3.05) is 34.5 Å². The van der Waals surface area contributed by atoms with Crippen molar-refractivity contribution in [2.45, 2.75) is 77.2 Å². The Morgan fingerprint density at radius 2 is 1.56 bits per heavy atom. The smallest absolute Gasteiger partial charge is 0.333 e. The Bertz CT molecular complexity index is 1610. The summed E-state index contributed by atoms with van der Waals surface area (Å²) in [4.78, 5) is 84.1. The highest BCUT2D eigenvalue weighted by Crippen LogP contribution is 2.57. The molecule has 0 unspecified atom stereocenters. The zero-order chi connectivity index (χ0) is 32.7. The van der Waals surface area contributed by atoms with Crippen molar-refractivity contribution >= 4 is 29.1 Å². The Kier molecular flexibility index (Phi) is 7.60. The fourth-order valence-corrected chi connectivity index (χ4v) is 7.68. The van der Waals surface area contributed by atoms with Crippen LogP contribution < -0.4 is 0 Å². The van der Waals surface area contributed by atoms with Gasteiger partial charge in [-0.15, -0.1) is 0 Å². The summed E-state index contributed by atoms with van der Waals surface area (Å²) < 4.78 is 22.7. The van der Waals surface area contributed by atoms with Gasteiger partial charge in [-0.2, -0.15) is 9.78 Å². The number of fused-ring (bicyclic) bond motifs is 7. The molecule has 2 aliphatic carbocycles. The van der Waals surface area contributed by atoms with Crippen LogP contribution in [0.2, 0.25) is 0 Å². The molecule has 2 saturated heterocycles. The molecule has 240 valence electrons. The maximum absolute atomic E-state index is 14.1. The third-order valence-electron chi connectivity index (χ3n) is 9.82. The number of allylic oxidation sites excluding steroid dienone is 5. The lowest BCUT2D eigenvalue weighted by molar-refractivity contribution is -0.180. The molecule has 4 heterocycles. The van der Waals surface area contributed by atoms with Gasteiger partial charge in [0.1, 0.15) is 18.8 Å². The quantitative estimate of drug-likeness (QED) is 0.132. The number of methoxy groups -OCH3 is 2. The van der Waals surface area contributed by atoms with Gasteiger partial charge >= 0.3 is 11.9 Å². The van der Waals surface area contributed by atoms with Gasteiger partial charge in [-0.1, -0.05) is 6.08 Å². The van der Waals surface area contributed by atoms with Gasteiger partial charge in [0, 0.05) is 51.7 Å². The van der Waals surface area contributed by atoms with Crippen molar-refractivity contribution in [3.05, 3.63) is 56.6 Å². The topological polar surface area (TPSA) is 154 Å².